The summed E-state index contributed by atoms with van der Waals surface area (Å²) in [5.41, 5.74) is 2.85. The molecule has 2 unspecified atom stereocenters. The molecule has 1 aromatic rings. The van der Waals surface area contributed by atoms with Gasteiger partial charge >= 0.3 is 0 Å². The van der Waals surface area contributed by atoms with Crippen LogP contribution < -0.4 is 10.2 Å². The van der Waals surface area contributed by atoms with Gasteiger partial charge in [-0.3, -0.25) is 0 Å². The molecule has 0 aromatic carbocycles. The largest absolute Gasteiger partial charge is 0.352 e. The zero-order valence-corrected chi connectivity index (χ0v) is 11.6. The number of hydrogen-bond acceptors (Lipinski definition) is 3. The fraction of sp³-hybridized carbons (Fsp3) is 0.688. The van der Waals surface area contributed by atoms with E-state index in [1.54, 1.807) is 0 Å². The van der Waals surface area contributed by atoms with Crippen LogP contribution in [0.5, 0.6) is 0 Å². The summed E-state index contributed by atoms with van der Waals surface area (Å²) in [6, 6.07) is 5.95. The summed E-state index contributed by atoms with van der Waals surface area (Å²) in [6.45, 7) is 2.39. The highest BCUT2D eigenvalue weighted by atomic mass is 15.3. The van der Waals surface area contributed by atoms with Crippen molar-refractivity contribution in [3.05, 3.63) is 23.4 Å². The number of anilines is 1. The Hall–Kier alpha value is -1.09. The van der Waals surface area contributed by atoms with Gasteiger partial charge in [-0.25, -0.2) is 4.98 Å². The van der Waals surface area contributed by atoms with Crippen LogP contribution >= 0.6 is 0 Å². The topological polar surface area (TPSA) is 28.2 Å². The van der Waals surface area contributed by atoms with E-state index >= 15 is 0 Å². The van der Waals surface area contributed by atoms with E-state index in [4.69, 9.17) is 4.98 Å². The molecule has 2 aliphatic heterocycles. The second-order valence-electron chi connectivity index (χ2n) is 6.23. The lowest BCUT2D eigenvalue weighted by Crippen LogP contribution is -2.44. The lowest BCUT2D eigenvalue weighted by atomic mass is 10.0. The molecule has 3 aliphatic rings. The monoisotopic (exact) mass is 257 g/mol. The maximum absolute atomic E-state index is 4.96. The Morgan fingerprint density at radius 1 is 1.11 bits per heavy atom. The molecule has 0 bridgehead atoms. The Labute approximate surface area is 115 Å². The van der Waals surface area contributed by atoms with Gasteiger partial charge in [0.05, 0.1) is 0 Å². The zero-order chi connectivity index (χ0) is 12.7. The van der Waals surface area contributed by atoms with Crippen LogP contribution in [0.15, 0.2) is 12.1 Å². The minimum Gasteiger partial charge on any atom is -0.352 e. The van der Waals surface area contributed by atoms with Crippen LogP contribution in [0, 0.1) is 0 Å². The van der Waals surface area contributed by atoms with Gasteiger partial charge < -0.3 is 10.2 Å². The Morgan fingerprint density at radius 2 is 2.11 bits per heavy atom. The van der Waals surface area contributed by atoms with Crippen molar-refractivity contribution in [3.63, 3.8) is 0 Å². The molecule has 1 N–H and O–H groups in total. The first-order valence-electron chi connectivity index (χ1n) is 7.91. The van der Waals surface area contributed by atoms with Crippen LogP contribution in [-0.2, 0) is 12.8 Å². The van der Waals surface area contributed by atoms with Gasteiger partial charge in [0.2, 0.25) is 0 Å². The standard InChI is InChI=1S/C16H23N3/c1-4-12-8-9-16(18-13(12)5-1)19-11-3-7-15(19)14-6-2-10-17-14/h8-9,14-15,17H,1-7,10-11H2. The summed E-state index contributed by atoms with van der Waals surface area (Å²) in [7, 11) is 0. The molecule has 3 nitrogen and oxygen atoms in total. The van der Waals surface area contributed by atoms with E-state index in [0.717, 1.165) is 0 Å². The number of rotatable bonds is 2. The molecule has 4 rings (SSSR count). The van der Waals surface area contributed by atoms with E-state index < -0.39 is 0 Å². The number of pyridine rings is 1. The third kappa shape index (κ3) is 2.04. The maximum Gasteiger partial charge on any atom is 0.129 e. The molecule has 0 saturated carbocycles. The van der Waals surface area contributed by atoms with E-state index in [1.807, 2.05) is 0 Å². The van der Waals surface area contributed by atoms with Crippen LogP contribution in [0.1, 0.15) is 43.4 Å². The molecule has 0 amide bonds. The van der Waals surface area contributed by atoms with Gasteiger partial charge in [0, 0.05) is 24.3 Å². The van der Waals surface area contributed by atoms with Gasteiger partial charge in [0.1, 0.15) is 5.82 Å². The predicted molar refractivity (Wildman–Crippen MR) is 77.7 cm³/mol. The van der Waals surface area contributed by atoms with Crippen molar-refractivity contribution in [2.45, 2.75) is 57.0 Å². The van der Waals surface area contributed by atoms with Gasteiger partial charge in [0.25, 0.3) is 0 Å². The second-order valence-corrected chi connectivity index (χ2v) is 6.23. The minimum absolute atomic E-state index is 0.675. The number of nitrogens with zero attached hydrogens (tertiary/aromatic N) is 2. The van der Waals surface area contributed by atoms with Crippen molar-refractivity contribution in [2.24, 2.45) is 0 Å². The average Bonchev–Trinajstić information content (AvgIpc) is 3.18. The van der Waals surface area contributed by atoms with Crippen LogP contribution in [0.3, 0.4) is 0 Å². The number of aryl methyl sites for hydroxylation is 2. The Kier molecular flexibility index (Phi) is 2.95. The lowest BCUT2D eigenvalue weighted by Gasteiger charge is -2.30. The molecular weight excluding hydrogens is 234 g/mol. The van der Waals surface area contributed by atoms with E-state index in [2.05, 4.69) is 22.3 Å². The third-order valence-electron chi connectivity index (χ3n) is 5.07. The highest BCUT2D eigenvalue weighted by molar-refractivity contribution is 5.45. The first-order chi connectivity index (χ1) is 9.42. The predicted octanol–water partition coefficient (Wildman–Crippen LogP) is 2.29. The fourth-order valence-electron chi connectivity index (χ4n) is 4.10. The molecule has 2 saturated heterocycles. The smallest absolute Gasteiger partial charge is 0.129 e. The van der Waals surface area contributed by atoms with Gasteiger partial charge in [-0.1, -0.05) is 6.07 Å². The molecule has 0 radical (unpaired) electrons. The van der Waals surface area contributed by atoms with Crippen LogP contribution in [0.4, 0.5) is 5.82 Å². The Bertz CT molecular complexity index is 465. The normalized spacial score (nSPS) is 30.0. The number of fused-ring (bicyclic) bond motifs is 1. The zero-order valence-electron chi connectivity index (χ0n) is 11.6. The molecule has 3 heteroatoms. The molecule has 0 spiro atoms. The summed E-state index contributed by atoms with van der Waals surface area (Å²) in [5.74, 6) is 1.23. The summed E-state index contributed by atoms with van der Waals surface area (Å²) in [4.78, 5) is 7.53. The highest BCUT2D eigenvalue weighted by Crippen LogP contribution is 2.31. The summed E-state index contributed by atoms with van der Waals surface area (Å²) in [6.07, 6.45) is 9.04. The van der Waals surface area contributed by atoms with Gasteiger partial charge in [0.15, 0.2) is 0 Å². The molecule has 3 heterocycles. The molecule has 19 heavy (non-hydrogen) atoms. The quantitative estimate of drug-likeness (QED) is 0.881. The van der Waals surface area contributed by atoms with Crippen molar-refractivity contribution in [2.75, 3.05) is 18.0 Å². The highest BCUT2D eigenvalue weighted by Gasteiger charge is 2.34. The molecule has 102 valence electrons. The number of aromatic nitrogens is 1. The van der Waals surface area contributed by atoms with E-state index in [-0.39, 0.29) is 0 Å². The van der Waals surface area contributed by atoms with Gasteiger partial charge in [-0.2, -0.15) is 0 Å². The molecular formula is C16H23N3. The first-order valence-corrected chi connectivity index (χ1v) is 7.91. The second kappa shape index (κ2) is 4.78. The summed E-state index contributed by atoms with van der Waals surface area (Å²) < 4.78 is 0. The summed E-state index contributed by atoms with van der Waals surface area (Å²) in [5, 5.41) is 3.68. The van der Waals surface area contributed by atoms with E-state index in [9.17, 15) is 0 Å². The third-order valence-corrected chi connectivity index (χ3v) is 5.07. The van der Waals surface area contributed by atoms with Crippen LogP contribution in [0.25, 0.3) is 0 Å². The van der Waals surface area contributed by atoms with E-state index in [1.165, 1.54) is 75.1 Å². The van der Waals surface area contributed by atoms with Crippen molar-refractivity contribution >= 4 is 5.82 Å². The molecule has 2 atom stereocenters. The number of nitrogens with one attached hydrogen (secondary N) is 1. The van der Waals surface area contributed by atoms with Crippen molar-refractivity contribution < 1.29 is 0 Å². The van der Waals surface area contributed by atoms with E-state index in [0.29, 0.717) is 12.1 Å². The first kappa shape index (κ1) is 11.7. The number of hydrogen-bond donors (Lipinski definition) is 1. The average molecular weight is 257 g/mol. The van der Waals surface area contributed by atoms with Crippen molar-refractivity contribution in [3.8, 4) is 0 Å². The van der Waals surface area contributed by atoms with Crippen LogP contribution in [-0.4, -0.2) is 30.2 Å². The lowest BCUT2D eigenvalue weighted by molar-refractivity contribution is 0.480. The Balaban J connectivity index is 1.60. The SMILES string of the molecule is c1cc2c(nc1N1CCCC1C1CCCN1)CCC2. The minimum atomic E-state index is 0.675. The molecule has 2 fully saturated rings. The fourth-order valence-corrected chi connectivity index (χ4v) is 4.10. The van der Waals surface area contributed by atoms with Gasteiger partial charge in [-0.15, -0.1) is 0 Å². The van der Waals surface area contributed by atoms with Crippen LogP contribution in [0.2, 0.25) is 0 Å². The van der Waals surface area contributed by atoms with Crippen molar-refractivity contribution in [1.29, 1.82) is 0 Å². The molecule has 1 aromatic heterocycles. The maximum atomic E-state index is 4.96. The molecule has 1 aliphatic carbocycles. The van der Waals surface area contributed by atoms with Gasteiger partial charge in [-0.05, 0) is 63.1 Å². The summed E-state index contributed by atoms with van der Waals surface area (Å²) >= 11 is 0. The Morgan fingerprint density at radius 3 is 3.00 bits per heavy atom. The van der Waals surface area contributed by atoms with Crippen molar-refractivity contribution in [1.82, 2.24) is 10.3 Å².